The Bertz CT molecular complexity index is 1280. The fourth-order valence-electron chi connectivity index (χ4n) is 3.66. The number of aryl methyl sites for hydroxylation is 1. The third kappa shape index (κ3) is 3.04. The molecule has 5 rings (SSSR count). The molecule has 1 aromatic carbocycles. The van der Waals surface area contributed by atoms with Crippen LogP contribution in [-0.2, 0) is 7.05 Å². The molecule has 2 N–H and O–H groups in total. The molecular formula is C20H18ClFN6O. The van der Waals surface area contributed by atoms with E-state index in [-0.39, 0.29) is 11.9 Å². The molecule has 3 aromatic heterocycles. The molecular weight excluding hydrogens is 395 g/mol. The third-order valence-electron chi connectivity index (χ3n) is 5.43. The number of carbonyl (C=O) groups excluding carboxylic acids is 1. The van der Waals surface area contributed by atoms with E-state index in [1.54, 1.807) is 24.0 Å². The van der Waals surface area contributed by atoms with Crippen LogP contribution in [0.5, 0.6) is 0 Å². The van der Waals surface area contributed by atoms with Gasteiger partial charge in [-0.05, 0) is 37.8 Å². The Hall–Kier alpha value is -3.00. The summed E-state index contributed by atoms with van der Waals surface area (Å²) >= 11 is 5.98. The van der Waals surface area contributed by atoms with Crippen LogP contribution in [0.4, 0.5) is 4.39 Å². The average molecular weight is 413 g/mol. The van der Waals surface area contributed by atoms with Crippen molar-refractivity contribution in [2.24, 2.45) is 13.0 Å². The van der Waals surface area contributed by atoms with E-state index in [9.17, 15) is 9.18 Å². The minimum absolute atomic E-state index is 0.113. The summed E-state index contributed by atoms with van der Waals surface area (Å²) < 4.78 is 16.2. The molecule has 1 aliphatic rings. The molecule has 0 aliphatic heterocycles. The molecule has 7 nitrogen and oxygen atoms in total. The number of amides is 1. The molecule has 3 heterocycles. The zero-order chi connectivity index (χ0) is 20.3. The Kier molecular flexibility index (Phi) is 4.06. The summed E-state index contributed by atoms with van der Waals surface area (Å²) in [6.45, 7) is 2.01. The predicted octanol–water partition coefficient (Wildman–Crippen LogP) is 3.83. The van der Waals surface area contributed by atoms with Crippen molar-refractivity contribution in [3.8, 4) is 11.4 Å². The van der Waals surface area contributed by atoms with Gasteiger partial charge in [-0.25, -0.2) is 14.4 Å². The van der Waals surface area contributed by atoms with Crippen molar-refractivity contribution >= 4 is 39.6 Å². The second kappa shape index (κ2) is 6.52. The molecule has 0 radical (unpaired) electrons. The van der Waals surface area contributed by atoms with Crippen LogP contribution < -0.4 is 5.32 Å². The molecule has 0 saturated heterocycles. The highest BCUT2D eigenvalue weighted by Gasteiger charge is 2.30. The molecule has 1 atom stereocenters. The lowest BCUT2D eigenvalue weighted by atomic mass is 10.1. The summed E-state index contributed by atoms with van der Waals surface area (Å²) in [6, 6.07) is 3.01. The highest BCUT2D eigenvalue weighted by Crippen LogP contribution is 2.33. The molecule has 0 bridgehead atoms. The Morgan fingerprint density at radius 3 is 2.97 bits per heavy atom. The molecule has 148 valence electrons. The number of aromatic nitrogens is 5. The second-order valence-corrected chi connectivity index (χ2v) is 7.94. The number of carbonyl (C=O) groups is 1. The van der Waals surface area contributed by atoms with Crippen LogP contribution in [0, 0.1) is 11.7 Å². The van der Waals surface area contributed by atoms with Gasteiger partial charge in [0.1, 0.15) is 22.7 Å². The van der Waals surface area contributed by atoms with Gasteiger partial charge in [-0.3, -0.25) is 9.48 Å². The van der Waals surface area contributed by atoms with Crippen molar-refractivity contribution in [2.45, 2.75) is 25.8 Å². The number of nitrogens with one attached hydrogen (secondary N) is 2. The first-order valence-corrected chi connectivity index (χ1v) is 9.77. The number of nitrogens with zero attached hydrogens (tertiary/aromatic N) is 4. The van der Waals surface area contributed by atoms with E-state index in [1.165, 1.54) is 12.3 Å². The third-order valence-corrected chi connectivity index (χ3v) is 5.64. The van der Waals surface area contributed by atoms with Gasteiger partial charge in [-0.15, -0.1) is 0 Å². The molecule has 29 heavy (non-hydrogen) atoms. The Morgan fingerprint density at radius 2 is 2.21 bits per heavy atom. The highest BCUT2D eigenvalue weighted by atomic mass is 35.5. The number of H-pyrrole nitrogens is 1. The number of hydrogen-bond donors (Lipinski definition) is 2. The van der Waals surface area contributed by atoms with E-state index in [1.807, 2.05) is 6.92 Å². The summed E-state index contributed by atoms with van der Waals surface area (Å²) in [5.41, 5.74) is 2.61. The quantitative estimate of drug-likeness (QED) is 0.533. The lowest BCUT2D eigenvalue weighted by molar-refractivity contribution is 0.0937. The summed E-state index contributed by atoms with van der Waals surface area (Å²) in [5.74, 6) is -0.144. The Morgan fingerprint density at radius 1 is 1.41 bits per heavy atom. The fourth-order valence-corrected chi connectivity index (χ4v) is 3.86. The van der Waals surface area contributed by atoms with Crippen molar-refractivity contribution in [1.82, 2.24) is 30.0 Å². The monoisotopic (exact) mass is 412 g/mol. The van der Waals surface area contributed by atoms with E-state index in [0.29, 0.717) is 50.0 Å². The van der Waals surface area contributed by atoms with Gasteiger partial charge < -0.3 is 10.3 Å². The first kappa shape index (κ1) is 18.1. The zero-order valence-electron chi connectivity index (χ0n) is 15.8. The fraction of sp³-hybridized carbons (Fsp3) is 0.300. The molecule has 1 aliphatic carbocycles. The van der Waals surface area contributed by atoms with Gasteiger partial charge >= 0.3 is 0 Å². The van der Waals surface area contributed by atoms with Crippen molar-refractivity contribution in [1.29, 1.82) is 0 Å². The molecule has 4 aromatic rings. The first-order valence-electron chi connectivity index (χ1n) is 9.39. The van der Waals surface area contributed by atoms with E-state index in [4.69, 9.17) is 11.6 Å². The Balaban J connectivity index is 1.60. The number of benzene rings is 1. The van der Waals surface area contributed by atoms with Crippen LogP contribution in [0.25, 0.3) is 33.5 Å². The van der Waals surface area contributed by atoms with Gasteiger partial charge in [-0.2, -0.15) is 5.10 Å². The number of halogens is 2. The van der Waals surface area contributed by atoms with Crippen molar-refractivity contribution in [2.75, 3.05) is 0 Å². The van der Waals surface area contributed by atoms with Gasteiger partial charge in [-0.1, -0.05) is 11.6 Å². The van der Waals surface area contributed by atoms with Crippen LogP contribution in [0.1, 0.15) is 30.1 Å². The van der Waals surface area contributed by atoms with Gasteiger partial charge in [0.15, 0.2) is 5.65 Å². The lowest BCUT2D eigenvalue weighted by Crippen LogP contribution is -2.33. The molecule has 1 saturated carbocycles. The van der Waals surface area contributed by atoms with E-state index in [0.717, 1.165) is 12.8 Å². The van der Waals surface area contributed by atoms with Crippen molar-refractivity contribution < 1.29 is 9.18 Å². The van der Waals surface area contributed by atoms with Crippen LogP contribution in [0.3, 0.4) is 0 Å². The van der Waals surface area contributed by atoms with Gasteiger partial charge in [0.05, 0.1) is 22.7 Å². The van der Waals surface area contributed by atoms with Crippen LogP contribution in [0.15, 0.2) is 24.5 Å². The largest absolute Gasteiger partial charge is 0.349 e. The second-order valence-electron chi connectivity index (χ2n) is 7.51. The van der Waals surface area contributed by atoms with Crippen molar-refractivity contribution in [3.63, 3.8) is 0 Å². The van der Waals surface area contributed by atoms with Gasteiger partial charge in [0, 0.05) is 24.3 Å². The SMILES string of the molecule is CC(NC(=O)c1c[nH]c2ncc(-c3nn(C)c4cc(Cl)cc(F)c34)nc12)C1CC1. The molecule has 9 heteroatoms. The van der Waals surface area contributed by atoms with Crippen LogP contribution in [0.2, 0.25) is 5.02 Å². The number of hydrogen-bond acceptors (Lipinski definition) is 4. The maximum absolute atomic E-state index is 14.6. The number of rotatable bonds is 4. The highest BCUT2D eigenvalue weighted by molar-refractivity contribution is 6.31. The van der Waals surface area contributed by atoms with Crippen LogP contribution in [-0.4, -0.2) is 36.7 Å². The zero-order valence-corrected chi connectivity index (χ0v) is 16.6. The summed E-state index contributed by atoms with van der Waals surface area (Å²) in [6.07, 6.45) is 5.40. The van der Waals surface area contributed by atoms with E-state index >= 15 is 0 Å². The van der Waals surface area contributed by atoms with Crippen LogP contribution >= 0.6 is 11.6 Å². The summed E-state index contributed by atoms with van der Waals surface area (Å²) in [4.78, 5) is 24.6. The van der Waals surface area contributed by atoms with E-state index < -0.39 is 5.82 Å². The molecule has 0 spiro atoms. The molecule has 1 amide bonds. The number of fused-ring (bicyclic) bond motifs is 2. The predicted molar refractivity (Wildman–Crippen MR) is 108 cm³/mol. The minimum Gasteiger partial charge on any atom is -0.349 e. The topological polar surface area (TPSA) is 88.5 Å². The van der Waals surface area contributed by atoms with Gasteiger partial charge in [0.25, 0.3) is 5.91 Å². The summed E-state index contributed by atoms with van der Waals surface area (Å²) in [5, 5.41) is 8.04. The lowest BCUT2D eigenvalue weighted by Gasteiger charge is -2.11. The normalized spacial score (nSPS) is 15.2. The maximum Gasteiger partial charge on any atom is 0.255 e. The summed E-state index contributed by atoms with van der Waals surface area (Å²) in [7, 11) is 1.71. The van der Waals surface area contributed by atoms with Gasteiger partial charge in [0.2, 0.25) is 0 Å². The maximum atomic E-state index is 14.6. The molecule has 1 unspecified atom stereocenters. The first-order chi connectivity index (χ1) is 13.9. The van der Waals surface area contributed by atoms with E-state index in [2.05, 4.69) is 25.4 Å². The standard InChI is InChI=1S/C20H18ClFN6O/c1-9(10-3-4-10)25-20(29)12-7-23-19-17(12)26-14(8-24-19)18-16-13(22)5-11(21)6-15(16)28(2)27-18/h5-10H,3-4H2,1-2H3,(H,23,24)(H,25,29). The average Bonchev–Trinajstić information content (AvgIpc) is 3.37. The number of aromatic amines is 1. The molecule has 1 fully saturated rings. The van der Waals surface area contributed by atoms with Crippen molar-refractivity contribution in [3.05, 3.63) is 40.9 Å². The smallest absolute Gasteiger partial charge is 0.255 e. The minimum atomic E-state index is -0.484. The Labute approximate surface area is 170 Å².